The molecule has 19 heavy (non-hydrogen) atoms. The Morgan fingerprint density at radius 1 is 1.47 bits per heavy atom. The molecule has 0 radical (unpaired) electrons. The van der Waals surface area contributed by atoms with E-state index < -0.39 is 21.7 Å². The van der Waals surface area contributed by atoms with Gasteiger partial charge in [0.1, 0.15) is 5.75 Å². The number of rotatable bonds is 6. The van der Waals surface area contributed by atoms with Gasteiger partial charge in [-0.05, 0) is 25.1 Å². The number of hydrogen-bond acceptors (Lipinski definition) is 5. The van der Waals surface area contributed by atoms with Gasteiger partial charge in [-0.2, -0.15) is 0 Å². The molecular weight excluding hydrogens is 338 g/mol. The maximum Gasteiger partial charge on any atom is 0.306 e. The fourth-order valence-corrected chi connectivity index (χ4v) is 2.66. The minimum Gasteiger partial charge on any atom is -0.506 e. The SMILES string of the molecule is CCOC(=O)CCS(=O)(=O)Nc1cc(Br)ccc1O. The van der Waals surface area contributed by atoms with Crippen molar-refractivity contribution < 1.29 is 23.1 Å². The predicted octanol–water partition coefficient (Wildman–Crippen LogP) is 1.85. The van der Waals surface area contributed by atoms with Crippen LogP contribution < -0.4 is 4.72 Å². The number of sulfonamides is 1. The Morgan fingerprint density at radius 2 is 2.16 bits per heavy atom. The molecule has 6 nitrogen and oxygen atoms in total. The summed E-state index contributed by atoms with van der Waals surface area (Å²) in [4.78, 5) is 11.1. The third-order valence-electron chi connectivity index (χ3n) is 2.10. The van der Waals surface area contributed by atoms with E-state index in [-0.39, 0.29) is 24.5 Å². The van der Waals surface area contributed by atoms with Crippen LogP contribution in [0.2, 0.25) is 0 Å². The van der Waals surface area contributed by atoms with Crippen LogP contribution in [0.15, 0.2) is 22.7 Å². The number of hydrogen-bond donors (Lipinski definition) is 2. The first-order chi connectivity index (χ1) is 8.84. The zero-order valence-corrected chi connectivity index (χ0v) is 12.6. The van der Waals surface area contributed by atoms with Crippen molar-refractivity contribution in [1.82, 2.24) is 0 Å². The molecule has 0 bridgehead atoms. The molecule has 1 rings (SSSR count). The summed E-state index contributed by atoms with van der Waals surface area (Å²) >= 11 is 3.17. The van der Waals surface area contributed by atoms with Crippen molar-refractivity contribution in [2.45, 2.75) is 13.3 Å². The number of aromatic hydroxyl groups is 1. The third kappa shape index (κ3) is 5.48. The fraction of sp³-hybridized carbons (Fsp3) is 0.364. The largest absolute Gasteiger partial charge is 0.506 e. The normalized spacial score (nSPS) is 11.1. The Bertz CT molecular complexity index is 558. The smallest absolute Gasteiger partial charge is 0.306 e. The summed E-state index contributed by atoms with van der Waals surface area (Å²) in [5.41, 5.74) is 0.0539. The predicted molar refractivity (Wildman–Crippen MR) is 74.5 cm³/mol. The number of nitrogens with one attached hydrogen (secondary N) is 1. The van der Waals surface area contributed by atoms with Crippen molar-refractivity contribution in [1.29, 1.82) is 0 Å². The Morgan fingerprint density at radius 3 is 2.79 bits per heavy atom. The summed E-state index contributed by atoms with van der Waals surface area (Å²) in [6, 6.07) is 4.36. The van der Waals surface area contributed by atoms with E-state index >= 15 is 0 Å². The molecule has 0 aromatic heterocycles. The first-order valence-corrected chi connectivity index (χ1v) is 7.93. The second-order valence-corrected chi connectivity index (χ2v) is 6.39. The van der Waals surface area contributed by atoms with E-state index in [9.17, 15) is 18.3 Å². The van der Waals surface area contributed by atoms with Crippen molar-refractivity contribution in [3.05, 3.63) is 22.7 Å². The van der Waals surface area contributed by atoms with Crippen molar-refractivity contribution in [2.75, 3.05) is 17.1 Å². The van der Waals surface area contributed by atoms with E-state index in [0.29, 0.717) is 4.47 Å². The van der Waals surface area contributed by atoms with Crippen LogP contribution in [0.3, 0.4) is 0 Å². The molecule has 0 atom stereocenters. The average molecular weight is 352 g/mol. The first kappa shape index (κ1) is 15.8. The molecule has 2 N–H and O–H groups in total. The quantitative estimate of drug-likeness (QED) is 0.602. The van der Waals surface area contributed by atoms with Crippen molar-refractivity contribution in [2.24, 2.45) is 0 Å². The zero-order valence-electron chi connectivity index (χ0n) is 10.2. The topological polar surface area (TPSA) is 92.7 Å². The third-order valence-corrected chi connectivity index (χ3v) is 3.87. The molecule has 106 valence electrons. The van der Waals surface area contributed by atoms with Gasteiger partial charge < -0.3 is 9.84 Å². The number of esters is 1. The molecule has 8 heteroatoms. The molecule has 0 amide bonds. The Hall–Kier alpha value is -1.28. The highest BCUT2D eigenvalue weighted by Crippen LogP contribution is 2.27. The van der Waals surface area contributed by atoms with E-state index in [1.807, 2.05) is 0 Å². The highest BCUT2D eigenvalue weighted by Gasteiger charge is 2.16. The van der Waals surface area contributed by atoms with Crippen LogP contribution in [0, 0.1) is 0 Å². The molecule has 1 aromatic carbocycles. The van der Waals surface area contributed by atoms with Crippen LogP contribution in [-0.4, -0.2) is 31.9 Å². The van der Waals surface area contributed by atoms with Gasteiger partial charge in [0.2, 0.25) is 10.0 Å². The number of carbonyl (C=O) groups is 1. The van der Waals surface area contributed by atoms with Gasteiger partial charge in [-0.1, -0.05) is 15.9 Å². The standard InChI is InChI=1S/C11H14BrNO5S/c1-2-18-11(15)5-6-19(16,17)13-9-7-8(12)3-4-10(9)14/h3-4,7,13-14H,2,5-6H2,1H3. The molecular formula is C11H14BrNO5S. The number of phenols is 1. The molecule has 1 aromatic rings. The minimum absolute atomic E-state index is 0.0539. The van der Waals surface area contributed by atoms with Crippen LogP contribution in [-0.2, 0) is 19.6 Å². The van der Waals surface area contributed by atoms with E-state index in [1.54, 1.807) is 13.0 Å². The molecule has 0 heterocycles. The second kappa shape index (κ2) is 6.76. The average Bonchev–Trinajstić information content (AvgIpc) is 2.32. The number of ether oxygens (including phenoxy) is 1. The van der Waals surface area contributed by atoms with Gasteiger partial charge in [-0.15, -0.1) is 0 Å². The van der Waals surface area contributed by atoms with Gasteiger partial charge >= 0.3 is 5.97 Å². The summed E-state index contributed by atoms with van der Waals surface area (Å²) in [7, 11) is -3.72. The lowest BCUT2D eigenvalue weighted by molar-refractivity contribution is -0.142. The maximum atomic E-state index is 11.7. The summed E-state index contributed by atoms with van der Waals surface area (Å²) in [6.45, 7) is 1.85. The van der Waals surface area contributed by atoms with Crippen LogP contribution in [0.4, 0.5) is 5.69 Å². The molecule has 0 fully saturated rings. The molecule has 0 saturated heterocycles. The van der Waals surface area contributed by atoms with Gasteiger partial charge in [-0.25, -0.2) is 8.42 Å². The van der Waals surface area contributed by atoms with Gasteiger partial charge in [0.15, 0.2) is 0 Å². The van der Waals surface area contributed by atoms with E-state index in [4.69, 9.17) is 0 Å². The fourth-order valence-electron chi connectivity index (χ4n) is 1.26. The molecule has 0 saturated carbocycles. The number of benzene rings is 1. The number of halogens is 1. The Balaban J connectivity index is 2.69. The van der Waals surface area contributed by atoms with E-state index in [0.717, 1.165) is 0 Å². The molecule has 0 aliphatic carbocycles. The molecule has 0 unspecified atom stereocenters. The first-order valence-electron chi connectivity index (χ1n) is 5.48. The van der Waals surface area contributed by atoms with Gasteiger partial charge in [0.25, 0.3) is 0 Å². The summed E-state index contributed by atoms with van der Waals surface area (Å²) < 4.78 is 30.9. The van der Waals surface area contributed by atoms with Gasteiger partial charge in [0, 0.05) is 4.47 Å². The van der Waals surface area contributed by atoms with Gasteiger partial charge in [0.05, 0.1) is 24.5 Å². The highest BCUT2D eigenvalue weighted by atomic mass is 79.9. The van der Waals surface area contributed by atoms with Crippen molar-refractivity contribution in [3.63, 3.8) is 0 Å². The van der Waals surface area contributed by atoms with Crippen molar-refractivity contribution >= 4 is 37.6 Å². The van der Waals surface area contributed by atoms with E-state index in [2.05, 4.69) is 25.4 Å². The number of phenolic OH excluding ortho intramolecular Hbond substituents is 1. The van der Waals surface area contributed by atoms with Gasteiger partial charge in [-0.3, -0.25) is 9.52 Å². The van der Waals surface area contributed by atoms with Crippen LogP contribution in [0.25, 0.3) is 0 Å². The number of anilines is 1. The van der Waals surface area contributed by atoms with Crippen molar-refractivity contribution in [3.8, 4) is 5.75 Å². The lowest BCUT2D eigenvalue weighted by atomic mass is 10.3. The Kier molecular flexibility index (Phi) is 5.61. The molecule has 0 aliphatic rings. The zero-order chi connectivity index (χ0) is 14.5. The summed E-state index contributed by atoms with van der Waals surface area (Å²) in [5.74, 6) is -1.17. The molecule has 0 aliphatic heterocycles. The lowest BCUT2D eigenvalue weighted by Gasteiger charge is -2.09. The van der Waals surface area contributed by atoms with Crippen LogP contribution >= 0.6 is 15.9 Å². The minimum atomic E-state index is -3.72. The summed E-state index contributed by atoms with van der Waals surface area (Å²) in [6.07, 6.45) is -0.238. The van der Waals surface area contributed by atoms with Crippen LogP contribution in [0.1, 0.15) is 13.3 Å². The Labute approximate surface area is 120 Å². The number of carbonyl (C=O) groups excluding carboxylic acids is 1. The highest BCUT2D eigenvalue weighted by molar-refractivity contribution is 9.10. The molecule has 0 spiro atoms. The summed E-state index contributed by atoms with van der Waals surface area (Å²) in [5, 5.41) is 9.52. The van der Waals surface area contributed by atoms with E-state index in [1.165, 1.54) is 12.1 Å². The monoisotopic (exact) mass is 351 g/mol. The lowest BCUT2D eigenvalue weighted by Crippen LogP contribution is -2.20. The second-order valence-electron chi connectivity index (χ2n) is 3.64. The maximum absolute atomic E-state index is 11.7. The van der Waals surface area contributed by atoms with Crippen LogP contribution in [0.5, 0.6) is 5.75 Å².